The number of carbonyl (C=O) groups is 2. The van der Waals surface area contributed by atoms with Crippen LogP contribution in [0.5, 0.6) is 11.5 Å². The Balaban J connectivity index is 1.44. The number of nitrogens with zero attached hydrogens (tertiary/aromatic N) is 5. The third-order valence-electron chi connectivity index (χ3n) is 6.66. The second-order valence-corrected chi connectivity index (χ2v) is 9.80. The molecule has 0 atom stereocenters. The van der Waals surface area contributed by atoms with Gasteiger partial charge in [-0.1, -0.05) is 11.6 Å². The highest BCUT2D eigenvalue weighted by atomic mass is 35.5. The number of aromatic nitrogens is 3. The van der Waals surface area contributed by atoms with Crippen LogP contribution in [0.2, 0.25) is 5.02 Å². The SMILES string of the molecule is CN(C)C(=O)COc1cc2cc(Nc3nc(N4CCC(C(=O)O)CC4)ncc3Cl)cc3c2n(c1=O)CCO3. The number of halogens is 1. The average molecular weight is 543 g/mol. The maximum absolute atomic E-state index is 13.0. The molecule has 1 fully saturated rings. The van der Waals surface area contributed by atoms with E-state index in [-0.39, 0.29) is 29.7 Å². The van der Waals surface area contributed by atoms with Crippen molar-refractivity contribution in [2.24, 2.45) is 5.92 Å². The van der Waals surface area contributed by atoms with Gasteiger partial charge in [-0.15, -0.1) is 0 Å². The van der Waals surface area contributed by atoms with Gasteiger partial charge in [-0.2, -0.15) is 4.98 Å². The number of carbonyl (C=O) groups excluding carboxylic acids is 1. The van der Waals surface area contributed by atoms with Crippen LogP contribution in [0.4, 0.5) is 17.5 Å². The molecular weight excluding hydrogens is 516 g/mol. The van der Waals surface area contributed by atoms with Crippen molar-refractivity contribution in [3.63, 3.8) is 0 Å². The van der Waals surface area contributed by atoms with Crippen molar-refractivity contribution in [1.82, 2.24) is 19.4 Å². The second kappa shape index (κ2) is 10.4. The van der Waals surface area contributed by atoms with Crippen LogP contribution in [-0.2, 0) is 16.1 Å². The number of anilines is 3. The van der Waals surface area contributed by atoms with Gasteiger partial charge in [0.05, 0.1) is 24.2 Å². The smallest absolute Gasteiger partial charge is 0.306 e. The van der Waals surface area contributed by atoms with E-state index in [0.29, 0.717) is 78.2 Å². The number of carboxylic acid groups (broad SMARTS) is 1. The summed E-state index contributed by atoms with van der Waals surface area (Å²) in [5.41, 5.74) is 0.921. The molecule has 0 bridgehead atoms. The van der Waals surface area contributed by atoms with Gasteiger partial charge in [-0.3, -0.25) is 19.0 Å². The summed E-state index contributed by atoms with van der Waals surface area (Å²) in [6.45, 7) is 1.47. The van der Waals surface area contributed by atoms with E-state index in [0.717, 1.165) is 0 Å². The summed E-state index contributed by atoms with van der Waals surface area (Å²) in [6.07, 6.45) is 2.53. The summed E-state index contributed by atoms with van der Waals surface area (Å²) in [7, 11) is 3.23. The van der Waals surface area contributed by atoms with Crippen molar-refractivity contribution >= 4 is 51.8 Å². The molecule has 2 aliphatic rings. The van der Waals surface area contributed by atoms with Crippen molar-refractivity contribution in [3.05, 3.63) is 39.8 Å². The van der Waals surface area contributed by atoms with Crippen molar-refractivity contribution in [3.8, 4) is 11.5 Å². The van der Waals surface area contributed by atoms with Crippen molar-refractivity contribution in [1.29, 1.82) is 0 Å². The summed E-state index contributed by atoms with van der Waals surface area (Å²) in [5.74, 6) is 0.0157. The van der Waals surface area contributed by atoms with Crippen molar-refractivity contribution in [2.45, 2.75) is 19.4 Å². The lowest BCUT2D eigenvalue weighted by atomic mass is 9.97. The quantitative estimate of drug-likeness (QED) is 0.457. The Morgan fingerprint density at radius 2 is 2.00 bits per heavy atom. The lowest BCUT2D eigenvalue weighted by Crippen LogP contribution is -2.37. The molecule has 0 aliphatic carbocycles. The van der Waals surface area contributed by atoms with Gasteiger partial charge in [0.15, 0.2) is 18.2 Å². The molecule has 1 aromatic carbocycles. The zero-order chi connectivity index (χ0) is 27.0. The summed E-state index contributed by atoms with van der Waals surface area (Å²) >= 11 is 6.40. The molecular formula is C25H27ClN6O6. The molecule has 2 N–H and O–H groups in total. The van der Waals surface area contributed by atoms with Crippen molar-refractivity contribution < 1.29 is 24.2 Å². The van der Waals surface area contributed by atoms with E-state index in [1.807, 2.05) is 11.0 Å². The first-order valence-electron chi connectivity index (χ1n) is 12.2. The van der Waals surface area contributed by atoms with Crippen molar-refractivity contribution in [2.75, 3.05) is 50.6 Å². The maximum atomic E-state index is 13.0. The van der Waals surface area contributed by atoms with Gasteiger partial charge < -0.3 is 29.7 Å². The molecule has 2 aliphatic heterocycles. The monoisotopic (exact) mass is 542 g/mol. The van der Waals surface area contributed by atoms with Crippen LogP contribution in [0.3, 0.4) is 0 Å². The number of rotatable bonds is 7. The van der Waals surface area contributed by atoms with Crippen LogP contribution < -0.4 is 25.2 Å². The number of amides is 1. The molecule has 13 heteroatoms. The van der Waals surface area contributed by atoms with Gasteiger partial charge in [0.1, 0.15) is 17.4 Å². The molecule has 38 heavy (non-hydrogen) atoms. The highest BCUT2D eigenvalue weighted by Gasteiger charge is 2.26. The first kappa shape index (κ1) is 25.6. The minimum absolute atomic E-state index is 0.0739. The first-order chi connectivity index (χ1) is 18.2. The minimum atomic E-state index is -0.783. The van der Waals surface area contributed by atoms with Gasteiger partial charge in [0.2, 0.25) is 5.95 Å². The van der Waals surface area contributed by atoms with Gasteiger partial charge >= 0.3 is 5.97 Å². The Bertz CT molecular complexity index is 1470. The zero-order valence-corrected chi connectivity index (χ0v) is 21.7. The van der Waals surface area contributed by atoms with Crippen LogP contribution in [-0.4, -0.2) is 76.8 Å². The second-order valence-electron chi connectivity index (χ2n) is 9.39. The largest absolute Gasteiger partial charge is 0.489 e. The zero-order valence-electron chi connectivity index (χ0n) is 20.9. The molecule has 1 amide bonds. The Morgan fingerprint density at radius 3 is 2.71 bits per heavy atom. The van der Waals surface area contributed by atoms with Crippen LogP contribution in [0.1, 0.15) is 12.8 Å². The van der Waals surface area contributed by atoms with Crippen LogP contribution in [0, 0.1) is 5.92 Å². The number of hydrogen-bond acceptors (Lipinski definition) is 9. The number of pyridine rings is 1. The molecule has 5 rings (SSSR count). The predicted octanol–water partition coefficient (Wildman–Crippen LogP) is 2.35. The maximum Gasteiger partial charge on any atom is 0.306 e. The number of aliphatic carboxylic acids is 1. The van der Waals surface area contributed by atoms with Gasteiger partial charge in [0.25, 0.3) is 11.5 Å². The van der Waals surface area contributed by atoms with E-state index in [9.17, 15) is 19.5 Å². The molecule has 3 aromatic rings. The summed E-state index contributed by atoms with van der Waals surface area (Å²) in [4.78, 5) is 48.5. The summed E-state index contributed by atoms with van der Waals surface area (Å²) in [6, 6.07) is 5.19. The number of benzene rings is 1. The van der Waals surface area contributed by atoms with E-state index in [4.69, 9.17) is 21.1 Å². The van der Waals surface area contributed by atoms with Gasteiger partial charge in [-0.05, 0) is 25.0 Å². The number of piperidine rings is 1. The van der Waals surface area contributed by atoms with Crippen LogP contribution in [0.25, 0.3) is 10.9 Å². The Labute approximate surface area is 222 Å². The van der Waals surface area contributed by atoms with E-state index in [1.54, 1.807) is 30.8 Å². The summed E-state index contributed by atoms with van der Waals surface area (Å²) in [5, 5.41) is 13.5. The fourth-order valence-corrected chi connectivity index (χ4v) is 4.68. The molecule has 12 nitrogen and oxygen atoms in total. The average Bonchev–Trinajstić information content (AvgIpc) is 2.90. The van der Waals surface area contributed by atoms with E-state index in [2.05, 4.69) is 15.3 Å². The summed E-state index contributed by atoms with van der Waals surface area (Å²) < 4.78 is 13.0. The number of ether oxygens (including phenoxy) is 2. The van der Waals surface area contributed by atoms with Crippen LogP contribution in [0.15, 0.2) is 29.2 Å². The standard InChI is InChI=1S/C25H27ClN6O6/c1-30(2)20(33)13-38-19-10-15-9-16(11-18-21(15)32(23(19)34)7-8-37-18)28-22-17(26)12-27-25(29-22)31-5-3-14(4-6-31)24(35)36/h9-12,14H,3-8,13H2,1-2H3,(H,35,36)(H,27,28,29). The topological polar surface area (TPSA) is 139 Å². The van der Waals surface area contributed by atoms with Gasteiger partial charge in [0, 0.05) is 44.3 Å². The Morgan fingerprint density at radius 1 is 1.24 bits per heavy atom. The lowest BCUT2D eigenvalue weighted by Gasteiger charge is -2.30. The molecule has 0 saturated carbocycles. The number of nitrogens with one attached hydrogen (secondary N) is 1. The Hall–Kier alpha value is -4.06. The van der Waals surface area contributed by atoms with E-state index >= 15 is 0 Å². The normalized spacial score (nSPS) is 15.2. The third-order valence-corrected chi connectivity index (χ3v) is 6.94. The molecule has 2 aromatic heterocycles. The van der Waals surface area contributed by atoms with Gasteiger partial charge in [-0.25, -0.2) is 4.98 Å². The highest BCUT2D eigenvalue weighted by Crippen LogP contribution is 2.35. The minimum Gasteiger partial charge on any atom is -0.489 e. The number of hydrogen-bond donors (Lipinski definition) is 2. The van der Waals surface area contributed by atoms with E-state index < -0.39 is 5.97 Å². The predicted molar refractivity (Wildman–Crippen MR) is 141 cm³/mol. The van der Waals surface area contributed by atoms with E-state index in [1.165, 1.54) is 11.1 Å². The fraction of sp³-hybridized carbons (Fsp3) is 0.400. The number of likely N-dealkylation sites (N-methyl/N-ethyl adjacent to an activating group) is 1. The lowest BCUT2D eigenvalue weighted by molar-refractivity contribution is -0.142. The third kappa shape index (κ3) is 5.03. The molecule has 4 heterocycles. The molecule has 1 saturated heterocycles. The fourth-order valence-electron chi connectivity index (χ4n) is 4.54. The molecule has 0 unspecified atom stereocenters. The Kier molecular flexibility index (Phi) is 6.98. The first-order valence-corrected chi connectivity index (χ1v) is 12.5. The molecule has 0 radical (unpaired) electrons. The molecule has 200 valence electrons. The molecule has 0 spiro atoms. The van der Waals surface area contributed by atoms with Crippen LogP contribution >= 0.6 is 11.6 Å². The number of carboxylic acids is 1. The highest BCUT2D eigenvalue weighted by molar-refractivity contribution is 6.32.